The van der Waals surface area contributed by atoms with Crippen LogP contribution in [0.1, 0.15) is 12.8 Å². The summed E-state index contributed by atoms with van der Waals surface area (Å²) in [5.74, 6) is -0.0702. The number of amides is 2. The summed E-state index contributed by atoms with van der Waals surface area (Å²) in [5, 5.41) is 2.98. The Balaban J connectivity index is 1.20. The standard InChI is InChI=1S/C24H29FN4O2/c25-21-8-4-5-9-22(21)28-14-16-29(17-15-28)23(30)18-27-12-10-19(11-13-27)24(31)26-20-6-2-1-3-7-20/h1-9,19H,10-18H2,(H,26,31). The normalized spacial score (nSPS) is 18.1. The van der Waals surface area contributed by atoms with Gasteiger partial charge in [0.1, 0.15) is 5.82 Å². The Morgan fingerprint density at radius 2 is 1.52 bits per heavy atom. The molecule has 2 saturated heterocycles. The Hall–Kier alpha value is -2.93. The van der Waals surface area contributed by atoms with Gasteiger partial charge < -0.3 is 15.1 Å². The lowest BCUT2D eigenvalue weighted by Crippen LogP contribution is -2.52. The third-order valence-electron chi connectivity index (χ3n) is 6.18. The first-order valence-corrected chi connectivity index (χ1v) is 11.0. The zero-order chi connectivity index (χ0) is 21.6. The van der Waals surface area contributed by atoms with Crippen molar-refractivity contribution in [2.45, 2.75) is 12.8 Å². The Bertz CT molecular complexity index is 891. The van der Waals surface area contributed by atoms with E-state index in [0.29, 0.717) is 38.4 Å². The summed E-state index contributed by atoms with van der Waals surface area (Å²) in [6.45, 7) is 4.34. The van der Waals surface area contributed by atoms with Crippen molar-refractivity contribution in [3.05, 3.63) is 60.4 Å². The number of carbonyl (C=O) groups is 2. The van der Waals surface area contributed by atoms with Crippen LogP contribution >= 0.6 is 0 Å². The number of piperazine rings is 1. The van der Waals surface area contributed by atoms with E-state index < -0.39 is 0 Å². The average molecular weight is 425 g/mol. The lowest BCUT2D eigenvalue weighted by atomic mass is 9.95. The molecule has 0 aliphatic carbocycles. The molecule has 7 heteroatoms. The molecule has 0 aromatic heterocycles. The number of rotatable bonds is 5. The molecule has 0 spiro atoms. The van der Waals surface area contributed by atoms with Gasteiger partial charge in [-0.1, -0.05) is 30.3 Å². The van der Waals surface area contributed by atoms with E-state index >= 15 is 0 Å². The van der Waals surface area contributed by atoms with Crippen molar-refractivity contribution in [1.82, 2.24) is 9.80 Å². The first-order valence-electron chi connectivity index (χ1n) is 11.0. The highest BCUT2D eigenvalue weighted by molar-refractivity contribution is 5.92. The zero-order valence-electron chi connectivity index (χ0n) is 17.7. The minimum absolute atomic E-state index is 0.0177. The maximum absolute atomic E-state index is 14.0. The number of hydrogen-bond donors (Lipinski definition) is 1. The van der Waals surface area contributed by atoms with Crippen LogP contribution in [0.4, 0.5) is 15.8 Å². The lowest BCUT2D eigenvalue weighted by molar-refractivity contribution is -0.133. The highest BCUT2D eigenvalue weighted by atomic mass is 19.1. The molecule has 2 amide bonds. The van der Waals surface area contributed by atoms with E-state index in [1.165, 1.54) is 6.07 Å². The molecule has 4 rings (SSSR count). The number of nitrogens with zero attached hydrogens (tertiary/aromatic N) is 3. The summed E-state index contributed by atoms with van der Waals surface area (Å²) in [4.78, 5) is 31.2. The third-order valence-corrected chi connectivity index (χ3v) is 6.18. The molecule has 0 bridgehead atoms. The number of piperidine rings is 1. The van der Waals surface area contributed by atoms with Gasteiger partial charge in [0.05, 0.1) is 12.2 Å². The molecule has 0 radical (unpaired) electrons. The fraction of sp³-hybridized carbons (Fsp3) is 0.417. The van der Waals surface area contributed by atoms with E-state index in [0.717, 1.165) is 31.6 Å². The van der Waals surface area contributed by atoms with E-state index in [1.807, 2.05) is 46.2 Å². The van der Waals surface area contributed by atoms with E-state index in [-0.39, 0.29) is 23.5 Å². The van der Waals surface area contributed by atoms with Gasteiger partial charge in [-0.15, -0.1) is 0 Å². The van der Waals surface area contributed by atoms with Crippen LogP contribution in [0.5, 0.6) is 0 Å². The SMILES string of the molecule is O=C(Nc1ccccc1)C1CCN(CC(=O)N2CCN(c3ccccc3F)CC2)CC1. The fourth-order valence-electron chi connectivity index (χ4n) is 4.32. The molecule has 6 nitrogen and oxygen atoms in total. The Kier molecular flexibility index (Phi) is 6.82. The topological polar surface area (TPSA) is 55.9 Å². The second kappa shape index (κ2) is 9.92. The number of benzene rings is 2. The first-order chi connectivity index (χ1) is 15.1. The molecule has 31 heavy (non-hydrogen) atoms. The van der Waals surface area contributed by atoms with Crippen LogP contribution in [0, 0.1) is 11.7 Å². The Labute approximate surface area is 182 Å². The molecule has 2 aromatic carbocycles. The van der Waals surface area contributed by atoms with Crippen molar-refractivity contribution in [3.8, 4) is 0 Å². The monoisotopic (exact) mass is 424 g/mol. The van der Waals surface area contributed by atoms with E-state index in [4.69, 9.17) is 0 Å². The first kappa shape index (κ1) is 21.3. The molecule has 2 fully saturated rings. The van der Waals surface area contributed by atoms with Gasteiger partial charge in [0.15, 0.2) is 0 Å². The summed E-state index contributed by atoms with van der Waals surface area (Å²) in [6, 6.07) is 16.3. The van der Waals surface area contributed by atoms with Crippen molar-refractivity contribution in [1.29, 1.82) is 0 Å². The van der Waals surface area contributed by atoms with Gasteiger partial charge in [0, 0.05) is 37.8 Å². The smallest absolute Gasteiger partial charge is 0.236 e. The summed E-state index contributed by atoms with van der Waals surface area (Å²) < 4.78 is 14.0. The van der Waals surface area contributed by atoms with Gasteiger partial charge >= 0.3 is 0 Å². The van der Waals surface area contributed by atoms with Crippen LogP contribution in [-0.4, -0.2) is 67.4 Å². The second-order valence-corrected chi connectivity index (χ2v) is 8.22. The molecular weight excluding hydrogens is 395 g/mol. The van der Waals surface area contributed by atoms with Crippen LogP contribution in [0.15, 0.2) is 54.6 Å². The maximum Gasteiger partial charge on any atom is 0.236 e. The van der Waals surface area contributed by atoms with E-state index in [1.54, 1.807) is 12.1 Å². The van der Waals surface area contributed by atoms with Crippen molar-refractivity contribution < 1.29 is 14.0 Å². The highest BCUT2D eigenvalue weighted by Crippen LogP contribution is 2.22. The highest BCUT2D eigenvalue weighted by Gasteiger charge is 2.28. The number of para-hydroxylation sites is 2. The van der Waals surface area contributed by atoms with Crippen molar-refractivity contribution >= 4 is 23.2 Å². The predicted octanol–water partition coefficient (Wildman–Crippen LogP) is 2.83. The van der Waals surface area contributed by atoms with Crippen molar-refractivity contribution in [2.24, 2.45) is 5.92 Å². The molecule has 0 atom stereocenters. The number of nitrogens with one attached hydrogen (secondary N) is 1. The van der Waals surface area contributed by atoms with Gasteiger partial charge in [0.2, 0.25) is 11.8 Å². The van der Waals surface area contributed by atoms with Crippen LogP contribution < -0.4 is 10.2 Å². The largest absolute Gasteiger partial charge is 0.366 e. The van der Waals surface area contributed by atoms with Crippen LogP contribution in [0.25, 0.3) is 0 Å². The quantitative estimate of drug-likeness (QED) is 0.802. The van der Waals surface area contributed by atoms with Crippen molar-refractivity contribution in [2.75, 3.05) is 56.0 Å². The second-order valence-electron chi connectivity index (χ2n) is 8.22. The van der Waals surface area contributed by atoms with E-state index in [2.05, 4.69) is 10.2 Å². The molecule has 0 saturated carbocycles. The number of hydrogen-bond acceptors (Lipinski definition) is 4. The van der Waals surface area contributed by atoms with Gasteiger partial charge in [-0.3, -0.25) is 14.5 Å². The zero-order valence-corrected chi connectivity index (χ0v) is 17.7. The molecular formula is C24H29FN4O2. The number of halogens is 1. The Morgan fingerprint density at radius 1 is 0.871 bits per heavy atom. The minimum Gasteiger partial charge on any atom is -0.366 e. The Morgan fingerprint density at radius 3 is 2.19 bits per heavy atom. The fourth-order valence-corrected chi connectivity index (χ4v) is 4.32. The molecule has 2 aliphatic rings. The molecule has 2 heterocycles. The predicted molar refractivity (Wildman–Crippen MR) is 119 cm³/mol. The van der Waals surface area contributed by atoms with Crippen LogP contribution in [0.2, 0.25) is 0 Å². The van der Waals surface area contributed by atoms with Gasteiger partial charge in [-0.25, -0.2) is 4.39 Å². The number of anilines is 2. The minimum atomic E-state index is -0.221. The molecule has 164 valence electrons. The molecule has 0 unspecified atom stereocenters. The van der Waals surface area contributed by atoms with Gasteiger partial charge in [-0.2, -0.15) is 0 Å². The maximum atomic E-state index is 14.0. The van der Waals surface area contributed by atoms with Gasteiger partial charge in [-0.05, 0) is 50.2 Å². The summed E-state index contributed by atoms with van der Waals surface area (Å²) in [6.07, 6.45) is 1.51. The lowest BCUT2D eigenvalue weighted by Gasteiger charge is -2.38. The summed E-state index contributed by atoms with van der Waals surface area (Å²) in [5.41, 5.74) is 1.42. The van der Waals surface area contributed by atoms with Crippen molar-refractivity contribution in [3.63, 3.8) is 0 Å². The molecule has 1 N–H and O–H groups in total. The summed E-state index contributed by atoms with van der Waals surface area (Å²) in [7, 11) is 0. The summed E-state index contributed by atoms with van der Waals surface area (Å²) >= 11 is 0. The van der Waals surface area contributed by atoms with Crippen LogP contribution in [0.3, 0.4) is 0 Å². The van der Waals surface area contributed by atoms with Crippen LogP contribution in [-0.2, 0) is 9.59 Å². The average Bonchev–Trinajstić information content (AvgIpc) is 2.80. The molecule has 2 aromatic rings. The number of carbonyl (C=O) groups excluding carboxylic acids is 2. The van der Waals surface area contributed by atoms with E-state index in [9.17, 15) is 14.0 Å². The third kappa shape index (κ3) is 5.41. The number of likely N-dealkylation sites (tertiary alicyclic amines) is 1. The van der Waals surface area contributed by atoms with Gasteiger partial charge in [0.25, 0.3) is 0 Å². The molecule has 2 aliphatic heterocycles.